The number of carbonyl (C=O) groups is 1. The maximum Gasteiger partial charge on any atom is 0.236 e. The van der Waals surface area contributed by atoms with Gasteiger partial charge in [0.15, 0.2) is 0 Å². The van der Waals surface area contributed by atoms with Gasteiger partial charge in [0.05, 0.1) is 36.1 Å². The second-order valence-corrected chi connectivity index (χ2v) is 7.08. The minimum absolute atomic E-state index is 0.166. The number of amides is 1. The molecular formula is C19H18N10O. The van der Waals surface area contributed by atoms with Crippen LogP contribution in [0.4, 0.5) is 11.6 Å². The number of hydrogen-bond donors (Lipinski definition) is 1. The van der Waals surface area contributed by atoms with Crippen molar-refractivity contribution >= 4 is 17.5 Å². The van der Waals surface area contributed by atoms with Crippen LogP contribution >= 0.6 is 0 Å². The number of anilines is 2. The van der Waals surface area contributed by atoms with Gasteiger partial charge in [0.2, 0.25) is 11.9 Å². The van der Waals surface area contributed by atoms with E-state index in [1.54, 1.807) is 38.9 Å². The first-order valence-electron chi connectivity index (χ1n) is 9.20. The van der Waals surface area contributed by atoms with Crippen LogP contribution in [0.5, 0.6) is 0 Å². The van der Waals surface area contributed by atoms with Crippen molar-refractivity contribution in [1.82, 2.24) is 34.4 Å². The molecule has 0 unspecified atom stereocenters. The molecule has 0 radical (unpaired) electrons. The number of nitrogens with zero attached hydrogens (tertiary/aromatic N) is 9. The quantitative estimate of drug-likeness (QED) is 0.648. The van der Waals surface area contributed by atoms with Crippen LogP contribution < -0.4 is 5.32 Å². The third kappa shape index (κ3) is 3.56. The molecule has 0 saturated carbocycles. The van der Waals surface area contributed by atoms with Crippen molar-refractivity contribution in [2.45, 2.75) is 18.4 Å². The van der Waals surface area contributed by atoms with Gasteiger partial charge in [-0.1, -0.05) is 0 Å². The average Bonchev–Trinajstić information content (AvgIpc) is 3.34. The zero-order chi connectivity index (χ0) is 21.1. The molecule has 0 spiro atoms. The molecular weight excluding hydrogens is 384 g/mol. The van der Waals surface area contributed by atoms with Crippen LogP contribution in [0.25, 0.3) is 11.4 Å². The van der Waals surface area contributed by atoms with E-state index in [1.165, 1.54) is 0 Å². The molecule has 1 aliphatic heterocycles. The number of nitrogens with one attached hydrogen (secondary N) is 1. The summed E-state index contributed by atoms with van der Waals surface area (Å²) in [5, 5.41) is 29.8. The fourth-order valence-corrected chi connectivity index (χ4v) is 3.41. The minimum Gasteiger partial charge on any atom is -0.337 e. The largest absolute Gasteiger partial charge is 0.337 e. The predicted octanol–water partition coefficient (Wildman–Crippen LogP) is 1.18. The van der Waals surface area contributed by atoms with Gasteiger partial charge < -0.3 is 10.2 Å². The van der Waals surface area contributed by atoms with E-state index in [0.29, 0.717) is 30.4 Å². The Hall–Kier alpha value is -4.25. The summed E-state index contributed by atoms with van der Waals surface area (Å²) in [6, 6.07) is 7.61. The summed E-state index contributed by atoms with van der Waals surface area (Å²) in [5.74, 6) is 0.180. The molecule has 3 aromatic rings. The minimum atomic E-state index is -0.595. The van der Waals surface area contributed by atoms with E-state index in [9.17, 15) is 10.1 Å². The highest BCUT2D eigenvalue weighted by molar-refractivity contribution is 5.79. The van der Waals surface area contributed by atoms with E-state index in [4.69, 9.17) is 5.26 Å². The summed E-state index contributed by atoms with van der Waals surface area (Å²) in [6.07, 6.45) is 6.95. The van der Waals surface area contributed by atoms with Crippen molar-refractivity contribution in [2.75, 3.05) is 18.4 Å². The summed E-state index contributed by atoms with van der Waals surface area (Å²) in [4.78, 5) is 22.2. The molecule has 0 aliphatic carbocycles. The highest BCUT2D eigenvalue weighted by Gasteiger charge is 2.47. The van der Waals surface area contributed by atoms with Gasteiger partial charge in [-0.25, -0.2) is 9.97 Å². The summed E-state index contributed by atoms with van der Waals surface area (Å²) >= 11 is 0. The topological polar surface area (TPSA) is 141 Å². The lowest BCUT2D eigenvalue weighted by molar-refractivity contribution is -0.141. The van der Waals surface area contributed by atoms with E-state index < -0.39 is 5.54 Å². The van der Waals surface area contributed by atoms with Gasteiger partial charge in [-0.05, 0) is 12.1 Å². The number of aromatic nitrogens is 6. The molecule has 1 N–H and O–H groups in total. The van der Waals surface area contributed by atoms with Crippen LogP contribution in [0.15, 0.2) is 36.9 Å². The summed E-state index contributed by atoms with van der Waals surface area (Å²) in [7, 11) is 1.82. The molecule has 1 saturated heterocycles. The van der Waals surface area contributed by atoms with Crippen LogP contribution in [-0.4, -0.2) is 53.4 Å². The van der Waals surface area contributed by atoms with Gasteiger partial charge in [0.1, 0.15) is 17.7 Å². The summed E-state index contributed by atoms with van der Waals surface area (Å²) in [6.45, 7) is 0.694. The number of hydrogen-bond acceptors (Lipinski definition) is 8. The van der Waals surface area contributed by atoms with Crippen LogP contribution in [0.1, 0.15) is 12.8 Å². The van der Waals surface area contributed by atoms with Crippen molar-refractivity contribution < 1.29 is 4.79 Å². The third-order valence-electron chi connectivity index (χ3n) is 4.92. The van der Waals surface area contributed by atoms with Crippen LogP contribution in [0.3, 0.4) is 0 Å². The molecule has 11 nitrogen and oxygen atoms in total. The lowest BCUT2D eigenvalue weighted by Crippen LogP contribution is -2.64. The Balaban J connectivity index is 1.53. The van der Waals surface area contributed by atoms with E-state index in [-0.39, 0.29) is 18.7 Å². The monoisotopic (exact) mass is 402 g/mol. The SMILES string of the molecule is Cn1cc(Nc2nccc(-c3ccn(C4(CC#N)CN(C(=O)CC#N)C4)n3)n2)cn1. The van der Waals surface area contributed by atoms with E-state index in [2.05, 4.69) is 31.6 Å². The average molecular weight is 402 g/mol. The van der Waals surface area contributed by atoms with Crippen molar-refractivity contribution in [3.8, 4) is 23.5 Å². The van der Waals surface area contributed by atoms with Gasteiger partial charge >= 0.3 is 0 Å². The molecule has 30 heavy (non-hydrogen) atoms. The lowest BCUT2D eigenvalue weighted by atomic mass is 9.86. The Morgan fingerprint density at radius 3 is 2.80 bits per heavy atom. The van der Waals surface area contributed by atoms with Gasteiger partial charge in [0.25, 0.3) is 0 Å². The maximum atomic E-state index is 11.9. The first kappa shape index (κ1) is 19.1. The smallest absolute Gasteiger partial charge is 0.236 e. The molecule has 4 rings (SSSR count). The summed E-state index contributed by atoms with van der Waals surface area (Å²) in [5.41, 5.74) is 1.43. The number of carbonyl (C=O) groups excluding carboxylic acids is 1. The van der Waals surface area contributed by atoms with Crippen molar-refractivity contribution in [3.63, 3.8) is 0 Å². The van der Waals surface area contributed by atoms with Gasteiger partial charge in [-0.3, -0.25) is 14.2 Å². The first-order valence-corrected chi connectivity index (χ1v) is 9.20. The van der Waals surface area contributed by atoms with E-state index in [0.717, 1.165) is 5.69 Å². The van der Waals surface area contributed by atoms with Crippen molar-refractivity contribution in [2.24, 2.45) is 7.05 Å². The van der Waals surface area contributed by atoms with E-state index in [1.807, 2.05) is 25.4 Å². The maximum absolute atomic E-state index is 11.9. The molecule has 4 heterocycles. The second kappa shape index (κ2) is 7.64. The number of aryl methyl sites for hydroxylation is 1. The Bertz CT molecular complexity index is 1160. The molecule has 0 bridgehead atoms. The lowest BCUT2D eigenvalue weighted by Gasteiger charge is -2.48. The van der Waals surface area contributed by atoms with Gasteiger partial charge in [0, 0.05) is 38.7 Å². The Kier molecular flexibility index (Phi) is 4.86. The number of likely N-dealkylation sites (tertiary alicyclic amines) is 1. The van der Waals surface area contributed by atoms with Gasteiger partial charge in [-0.2, -0.15) is 20.7 Å². The number of nitriles is 2. The standard InChI is InChI=1S/C19H18N10O/c1-27-11-14(10-23-27)24-18-22-8-3-15(25-18)16-4-9-29(26-16)19(5-7-21)12-28(13-19)17(30)2-6-20/h3-4,8-11H,2,5,12-13H2,1H3,(H,22,24,25). The van der Waals surface area contributed by atoms with Crippen LogP contribution in [0, 0.1) is 22.7 Å². The zero-order valence-electron chi connectivity index (χ0n) is 16.2. The highest BCUT2D eigenvalue weighted by atomic mass is 16.2. The first-order chi connectivity index (χ1) is 14.5. The molecule has 3 aromatic heterocycles. The van der Waals surface area contributed by atoms with Crippen LogP contribution in [-0.2, 0) is 17.4 Å². The molecule has 1 amide bonds. The predicted molar refractivity (Wildman–Crippen MR) is 105 cm³/mol. The Morgan fingerprint density at radius 2 is 2.10 bits per heavy atom. The van der Waals surface area contributed by atoms with Crippen molar-refractivity contribution in [3.05, 3.63) is 36.9 Å². The molecule has 11 heteroatoms. The molecule has 1 aliphatic rings. The normalized spacial score (nSPS) is 14.4. The van der Waals surface area contributed by atoms with E-state index >= 15 is 0 Å². The highest BCUT2D eigenvalue weighted by Crippen LogP contribution is 2.33. The van der Waals surface area contributed by atoms with Crippen LogP contribution in [0.2, 0.25) is 0 Å². The second-order valence-electron chi connectivity index (χ2n) is 7.08. The Morgan fingerprint density at radius 1 is 1.27 bits per heavy atom. The number of rotatable bonds is 6. The fourth-order valence-electron chi connectivity index (χ4n) is 3.41. The fraction of sp³-hybridized carbons (Fsp3) is 0.316. The Labute approximate surface area is 172 Å². The third-order valence-corrected chi connectivity index (χ3v) is 4.92. The van der Waals surface area contributed by atoms with Gasteiger partial charge in [-0.15, -0.1) is 0 Å². The molecule has 0 aromatic carbocycles. The van der Waals surface area contributed by atoms with Crippen molar-refractivity contribution in [1.29, 1.82) is 10.5 Å². The molecule has 0 atom stereocenters. The molecule has 150 valence electrons. The molecule has 1 fully saturated rings. The zero-order valence-corrected chi connectivity index (χ0v) is 16.2. The summed E-state index contributed by atoms with van der Waals surface area (Å²) < 4.78 is 3.39.